The van der Waals surface area contributed by atoms with E-state index in [1.165, 1.54) is 5.19 Å². The molecule has 1 aliphatic rings. The minimum absolute atomic E-state index is 0.0517. The van der Waals surface area contributed by atoms with Gasteiger partial charge in [0.25, 0.3) is 0 Å². The summed E-state index contributed by atoms with van der Waals surface area (Å²) in [5.41, 5.74) is 0. The van der Waals surface area contributed by atoms with Gasteiger partial charge in [-0.25, -0.2) is 0 Å². The highest BCUT2D eigenvalue weighted by Crippen LogP contribution is 2.53. The van der Waals surface area contributed by atoms with Crippen molar-refractivity contribution in [2.24, 2.45) is 5.92 Å². The Hall–Kier alpha value is -0.916. The second-order valence-electron chi connectivity index (χ2n) is 9.76. The molecular weight excluding hydrogens is 342 g/mol. The highest BCUT2D eigenvalue weighted by molar-refractivity contribution is 6.92. The second kappa shape index (κ2) is 6.36. The maximum atomic E-state index is 12.7. The van der Waals surface area contributed by atoms with Gasteiger partial charge in [-0.05, 0) is 18.1 Å². The predicted molar refractivity (Wildman–Crippen MR) is 111 cm³/mol. The van der Waals surface area contributed by atoms with E-state index >= 15 is 0 Å². The van der Waals surface area contributed by atoms with Gasteiger partial charge in [-0.15, -0.1) is 0 Å². The van der Waals surface area contributed by atoms with Crippen molar-refractivity contribution < 1.29 is 9.22 Å². The summed E-state index contributed by atoms with van der Waals surface area (Å²) in [6, 6.07) is 10.7. The van der Waals surface area contributed by atoms with Crippen LogP contribution in [0.15, 0.2) is 30.3 Å². The number of carbonyl (C=O) groups is 1. The van der Waals surface area contributed by atoms with Gasteiger partial charge >= 0.3 is 0 Å². The van der Waals surface area contributed by atoms with Gasteiger partial charge in [0.05, 0.1) is 8.07 Å². The minimum atomic E-state index is -1.99. The van der Waals surface area contributed by atoms with E-state index in [1.807, 2.05) is 0 Å². The van der Waals surface area contributed by atoms with Gasteiger partial charge in [0.2, 0.25) is 5.91 Å². The third-order valence-corrected chi connectivity index (χ3v) is 16.8. The number of benzene rings is 1. The van der Waals surface area contributed by atoms with Gasteiger partial charge in [-0.2, -0.15) is 0 Å². The van der Waals surface area contributed by atoms with Crippen LogP contribution in [0.2, 0.25) is 36.3 Å². The normalized spacial score (nSPS) is 28.1. The third kappa shape index (κ3) is 3.26. The number of amides is 1. The molecule has 140 valence electrons. The number of hydrogen-bond acceptors (Lipinski definition) is 2. The first-order valence-corrected chi connectivity index (χ1v) is 15.2. The Balaban J connectivity index is 2.49. The van der Waals surface area contributed by atoms with Crippen LogP contribution in [0.25, 0.3) is 0 Å². The van der Waals surface area contributed by atoms with Crippen LogP contribution in [0, 0.1) is 5.92 Å². The zero-order chi connectivity index (χ0) is 19.3. The Morgan fingerprint density at radius 2 is 1.60 bits per heavy atom. The summed E-state index contributed by atoms with van der Waals surface area (Å²) in [5.74, 6) is 0.0758. The molecule has 0 saturated carbocycles. The molecule has 1 fully saturated rings. The van der Waals surface area contributed by atoms with Crippen molar-refractivity contribution in [1.82, 2.24) is 5.32 Å². The largest absolute Gasteiger partial charge is 0.397 e. The molecule has 1 aromatic rings. The molecule has 0 bridgehead atoms. The van der Waals surface area contributed by atoms with Gasteiger partial charge in [-0.3, -0.25) is 4.79 Å². The molecule has 1 amide bonds. The molecule has 0 unspecified atom stereocenters. The molecule has 5 heteroatoms. The van der Waals surface area contributed by atoms with Crippen LogP contribution in [0.1, 0.15) is 34.6 Å². The molecule has 0 aromatic heterocycles. The Bertz CT molecular complexity index is 637. The molecule has 1 aromatic carbocycles. The summed E-state index contributed by atoms with van der Waals surface area (Å²) >= 11 is 0. The Morgan fingerprint density at radius 1 is 1.08 bits per heavy atom. The third-order valence-electron chi connectivity index (χ3n) is 7.17. The first-order valence-electron chi connectivity index (χ1n) is 9.29. The molecule has 1 N–H and O–H groups in total. The van der Waals surface area contributed by atoms with Crippen LogP contribution in [0.5, 0.6) is 0 Å². The number of hydrogen-bond donors (Lipinski definition) is 1. The highest BCUT2D eigenvalue weighted by atomic mass is 28.4. The summed E-state index contributed by atoms with van der Waals surface area (Å²) in [7, 11) is -3.97. The van der Waals surface area contributed by atoms with Gasteiger partial charge in [0.15, 0.2) is 8.32 Å². The lowest BCUT2D eigenvalue weighted by molar-refractivity contribution is -0.122. The van der Waals surface area contributed by atoms with Crippen LogP contribution in [-0.4, -0.2) is 28.5 Å². The van der Waals surface area contributed by atoms with Crippen LogP contribution in [-0.2, 0) is 9.22 Å². The first kappa shape index (κ1) is 20.4. The summed E-state index contributed by atoms with van der Waals surface area (Å²) in [4.78, 5) is 12.7. The quantitative estimate of drug-likeness (QED) is 0.786. The van der Waals surface area contributed by atoms with Crippen molar-refractivity contribution >= 4 is 27.5 Å². The predicted octanol–water partition coefficient (Wildman–Crippen LogP) is 4.48. The molecule has 1 heterocycles. The molecule has 0 aliphatic carbocycles. The van der Waals surface area contributed by atoms with Crippen molar-refractivity contribution in [3.05, 3.63) is 30.3 Å². The number of rotatable bonds is 4. The fraction of sp³-hybridized carbons (Fsp3) is 0.650. The molecule has 3 atom stereocenters. The van der Waals surface area contributed by atoms with E-state index in [-0.39, 0.29) is 28.1 Å². The van der Waals surface area contributed by atoms with E-state index in [4.69, 9.17) is 4.43 Å². The lowest BCUT2D eigenvalue weighted by Gasteiger charge is -2.49. The van der Waals surface area contributed by atoms with Crippen LogP contribution in [0.4, 0.5) is 0 Å². The zero-order valence-corrected chi connectivity index (χ0v) is 19.4. The van der Waals surface area contributed by atoms with Crippen LogP contribution >= 0.6 is 0 Å². The summed E-state index contributed by atoms with van der Waals surface area (Å²) in [6.07, 6.45) is -0.210. The second-order valence-corrected chi connectivity index (χ2v) is 19.4. The van der Waals surface area contributed by atoms with E-state index in [2.05, 4.69) is 96.5 Å². The summed E-state index contributed by atoms with van der Waals surface area (Å²) in [5, 5.41) is 4.51. The van der Waals surface area contributed by atoms with Gasteiger partial charge < -0.3 is 9.74 Å². The molecule has 1 saturated heterocycles. The fourth-order valence-corrected chi connectivity index (χ4v) is 8.57. The monoisotopic (exact) mass is 377 g/mol. The Kier molecular flexibility index (Phi) is 5.19. The summed E-state index contributed by atoms with van der Waals surface area (Å²) in [6.45, 7) is 20.4. The van der Waals surface area contributed by atoms with E-state index < -0.39 is 16.4 Å². The lowest BCUT2D eigenvalue weighted by atomic mass is 9.97. The van der Waals surface area contributed by atoms with Crippen molar-refractivity contribution in [2.45, 2.75) is 77.1 Å². The molecule has 0 spiro atoms. The molecule has 2 rings (SSSR count). The average Bonchev–Trinajstić information content (AvgIpc) is 2.72. The first-order chi connectivity index (χ1) is 11.2. The average molecular weight is 378 g/mol. The van der Waals surface area contributed by atoms with Crippen molar-refractivity contribution in [3.8, 4) is 0 Å². The smallest absolute Gasteiger partial charge is 0.225 e. The molecular formula is C20H35NO2Si2. The van der Waals surface area contributed by atoms with Crippen molar-refractivity contribution in [1.29, 1.82) is 0 Å². The van der Waals surface area contributed by atoms with E-state index in [0.29, 0.717) is 0 Å². The van der Waals surface area contributed by atoms with Gasteiger partial charge in [0, 0.05) is 11.0 Å². The fourth-order valence-electron chi connectivity index (χ4n) is 3.56. The van der Waals surface area contributed by atoms with E-state index in [9.17, 15) is 4.79 Å². The molecule has 1 aliphatic heterocycles. The summed E-state index contributed by atoms with van der Waals surface area (Å²) < 4.78 is 6.77. The number of nitrogens with one attached hydrogen (secondary N) is 1. The Morgan fingerprint density at radius 3 is 2.08 bits per heavy atom. The van der Waals surface area contributed by atoms with Crippen LogP contribution in [0.3, 0.4) is 0 Å². The zero-order valence-electron chi connectivity index (χ0n) is 17.4. The Labute approximate surface area is 155 Å². The highest BCUT2D eigenvalue weighted by Gasteiger charge is 2.61. The van der Waals surface area contributed by atoms with Gasteiger partial charge in [0.1, 0.15) is 6.23 Å². The SMILES string of the molecule is C[C@H]1C(=O)N[C@@H](O[Si](C)(C)C(C)(C)C)[C@]1(C)[Si](C)(C)c1ccccc1. The van der Waals surface area contributed by atoms with Crippen LogP contribution < -0.4 is 10.5 Å². The van der Waals surface area contributed by atoms with Crippen molar-refractivity contribution in [3.63, 3.8) is 0 Å². The van der Waals surface area contributed by atoms with E-state index in [1.54, 1.807) is 0 Å². The topological polar surface area (TPSA) is 38.3 Å². The lowest BCUT2D eigenvalue weighted by Crippen LogP contribution is -2.60. The minimum Gasteiger partial charge on any atom is -0.397 e. The number of carbonyl (C=O) groups excluding carboxylic acids is 1. The standard InChI is InChI=1S/C20H35NO2Si2/c1-15-17(22)21-18(23-25(8,9)19(2,3)4)20(15,5)24(6,7)16-13-11-10-12-14-16/h10-15,18H,1-9H3,(H,21,22)/t15-,18-,20+/m0/s1. The van der Waals surface area contributed by atoms with E-state index in [0.717, 1.165) is 0 Å². The molecule has 3 nitrogen and oxygen atoms in total. The van der Waals surface area contributed by atoms with Crippen molar-refractivity contribution in [2.75, 3.05) is 0 Å². The molecule has 25 heavy (non-hydrogen) atoms. The maximum Gasteiger partial charge on any atom is 0.225 e. The van der Waals surface area contributed by atoms with Gasteiger partial charge in [-0.1, -0.05) is 83.2 Å². The molecule has 0 radical (unpaired) electrons. The maximum absolute atomic E-state index is 12.7.